The number of nitrogens with zero attached hydrogens (tertiary/aromatic N) is 1. The van der Waals surface area contributed by atoms with E-state index < -0.39 is 0 Å². The number of rotatable bonds is 8. The molecule has 18 heavy (non-hydrogen) atoms. The van der Waals surface area contributed by atoms with Gasteiger partial charge in [0, 0.05) is 23.7 Å². The van der Waals surface area contributed by atoms with E-state index in [0.29, 0.717) is 0 Å². The molecule has 112 valence electrons. The van der Waals surface area contributed by atoms with Crippen LogP contribution in [0.15, 0.2) is 0 Å². The van der Waals surface area contributed by atoms with E-state index in [-0.39, 0.29) is 4.70 Å². The molecule has 0 N–H and O–H groups in total. The van der Waals surface area contributed by atoms with E-state index in [2.05, 4.69) is 55.4 Å². The van der Waals surface area contributed by atoms with Crippen molar-refractivity contribution in [1.29, 1.82) is 0 Å². The van der Waals surface area contributed by atoms with E-state index in [0.717, 1.165) is 23.7 Å². The topological polar surface area (TPSA) is 0 Å². The fourth-order valence-electron chi connectivity index (χ4n) is 3.55. The highest BCUT2D eigenvalue weighted by Gasteiger charge is 2.31. The van der Waals surface area contributed by atoms with E-state index in [1.807, 2.05) is 0 Å². The zero-order chi connectivity index (χ0) is 13.6. The Balaban J connectivity index is 0. The zero-order valence-corrected chi connectivity index (χ0v) is 14.0. The smallest absolute Gasteiger partial charge is 0.0810 e. The van der Waals surface area contributed by atoms with E-state index in [9.17, 15) is 0 Å². The second kappa shape index (κ2) is 8.90. The number of quaternary nitrogens is 1. The fraction of sp³-hybridized carbons (Fsp3) is 1.00. The molecule has 0 saturated carbocycles. The number of hydrogen-bond acceptors (Lipinski definition) is 0. The maximum Gasteiger partial charge on any atom is 0.0810 e. The third kappa shape index (κ3) is 8.91. The largest absolute Gasteiger partial charge is 1.00 e. The summed E-state index contributed by atoms with van der Waals surface area (Å²) in [5, 5.41) is 0. The average molecular weight is 261 g/mol. The molecule has 0 saturated heterocycles. The normalized spacial score (nSPS) is 12.7. The summed E-state index contributed by atoms with van der Waals surface area (Å²) in [4.78, 5) is 0. The lowest BCUT2D eigenvalue weighted by Crippen LogP contribution is -3.00. The molecule has 0 aliphatic heterocycles. The van der Waals surface area contributed by atoms with Crippen LogP contribution in [0.4, 0.5) is 0 Å². The van der Waals surface area contributed by atoms with Crippen LogP contribution in [0.3, 0.4) is 0 Å². The summed E-state index contributed by atoms with van der Waals surface area (Å²) in [6, 6.07) is 0. The van der Waals surface area contributed by atoms with Crippen LogP contribution in [-0.4, -0.2) is 30.7 Å². The lowest BCUT2D eigenvalue weighted by Gasteiger charge is -2.44. The minimum Gasteiger partial charge on any atom is -1.00 e. The van der Waals surface area contributed by atoms with Crippen LogP contribution in [0.25, 0.3) is 0 Å². The first-order valence-electron chi connectivity index (χ1n) is 7.52. The predicted octanol–water partition coefficient (Wildman–Crippen LogP) is 1.43. The van der Waals surface area contributed by atoms with Crippen molar-refractivity contribution in [3.8, 4) is 0 Å². The van der Waals surface area contributed by atoms with Crippen LogP contribution in [0.1, 0.15) is 55.4 Å². The summed E-state index contributed by atoms with van der Waals surface area (Å²) in [5.74, 6) is 3.19. The van der Waals surface area contributed by atoms with Crippen LogP contribution in [0.5, 0.6) is 0 Å². The number of halogens is 1. The van der Waals surface area contributed by atoms with Gasteiger partial charge in [0.05, 0.1) is 26.2 Å². The second-order valence-electron chi connectivity index (χ2n) is 7.65. The van der Waals surface area contributed by atoms with Gasteiger partial charge in [-0.3, -0.25) is 0 Å². The summed E-state index contributed by atoms with van der Waals surface area (Å²) >= 11 is 0. The Labute approximate surface area is 115 Å². The molecule has 0 aromatic heterocycles. The Kier molecular flexibility index (Phi) is 9.99. The van der Waals surface area contributed by atoms with Crippen LogP contribution in [0.2, 0.25) is 0 Å². The molecule has 0 aromatic rings. The van der Waals surface area contributed by atoms with Gasteiger partial charge in [-0.25, -0.2) is 0 Å². The van der Waals surface area contributed by atoms with Crippen molar-refractivity contribution in [2.24, 2.45) is 23.7 Å². The van der Waals surface area contributed by atoms with E-state index in [1.165, 1.54) is 30.7 Å². The summed E-state index contributed by atoms with van der Waals surface area (Å²) in [5.41, 5.74) is 0. The molecule has 0 aliphatic rings. The molecular weight excluding hydrogens is 225 g/mol. The summed E-state index contributed by atoms with van der Waals surface area (Å²) in [6.45, 7) is 24.3. The van der Waals surface area contributed by atoms with Crippen molar-refractivity contribution in [2.75, 3.05) is 26.2 Å². The van der Waals surface area contributed by atoms with Gasteiger partial charge >= 0.3 is 0 Å². The molecule has 2 heteroatoms. The predicted molar refractivity (Wildman–Crippen MR) is 79.1 cm³/mol. The number of hydrogen-bond donors (Lipinski definition) is 0. The van der Waals surface area contributed by atoms with Gasteiger partial charge in [0.1, 0.15) is 0 Å². The Morgan fingerprint density at radius 3 is 0.778 bits per heavy atom. The lowest BCUT2D eigenvalue weighted by molar-refractivity contribution is -0.938. The fourth-order valence-corrected chi connectivity index (χ4v) is 3.55. The Bertz CT molecular complexity index is 152. The Hall–Kier alpha value is -0.110. The quantitative estimate of drug-likeness (QED) is 0.580. The van der Waals surface area contributed by atoms with Crippen molar-refractivity contribution < 1.29 is 9.19 Å². The van der Waals surface area contributed by atoms with Crippen molar-refractivity contribution in [1.82, 2.24) is 0 Å². The molecule has 0 unspecified atom stereocenters. The van der Waals surface area contributed by atoms with Gasteiger partial charge in [-0.15, -0.1) is 0 Å². The molecular formula is C16H36FN. The molecule has 0 fully saturated rings. The van der Waals surface area contributed by atoms with Gasteiger partial charge in [0.25, 0.3) is 0 Å². The first kappa shape index (κ1) is 20.2. The van der Waals surface area contributed by atoms with E-state index >= 15 is 0 Å². The Morgan fingerprint density at radius 1 is 0.500 bits per heavy atom. The molecule has 0 bridgehead atoms. The molecule has 0 radical (unpaired) electrons. The highest BCUT2D eigenvalue weighted by Crippen LogP contribution is 2.21. The molecule has 0 heterocycles. The van der Waals surface area contributed by atoms with Crippen molar-refractivity contribution in [3.05, 3.63) is 0 Å². The Morgan fingerprint density at radius 2 is 0.667 bits per heavy atom. The standard InChI is InChI=1S/C16H36N.FH/c1-13(2)9-17(10-14(3)4,11-15(5)6)12-16(7)8;/h13-16H,9-12H2,1-8H3;1H/q+1;/p-1. The summed E-state index contributed by atoms with van der Waals surface area (Å²) < 4.78 is 1.32. The highest BCUT2D eigenvalue weighted by molar-refractivity contribution is 4.57. The van der Waals surface area contributed by atoms with Gasteiger partial charge in [-0.2, -0.15) is 0 Å². The maximum atomic E-state index is 2.37. The monoisotopic (exact) mass is 261 g/mol. The van der Waals surface area contributed by atoms with E-state index in [1.54, 1.807) is 0 Å². The summed E-state index contributed by atoms with van der Waals surface area (Å²) in [7, 11) is 0. The van der Waals surface area contributed by atoms with Crippen LogP contribution < -0.4 is 4.70 Å². The SMILES string of the molecule is CC(C)C[N+](CC(C)C)(CC(C)C)CC(C)C.[F-]. The second-order valence-corrected chi connectivity index (χ2v) is 7.65. The third-order valence-electron chi connectivity index (χ3n) is 3.01. The van der Waals surface area contributed by atoms with Crippen LogP contribution in [-0.2, 0) is 0 Å². The molecule has 0 spiro atoms. The molecule has 0 atom stereocenters. The van der Waals surface area contributed by atoms with Crippen LogP contribution in [0, 0.1) is 23.7 Å². The zero-order valence-electron chi connectivity index (χ0n) is 14.0. The van der Waals surface area contributed by atoms with Gasteiger partial charge in [0.15, 0.2) is 0 Å². The minimum absolute atomic E-state index is 0. The average Bonchev–Trinajstić information content (AvgIpc) is 1.95. The van der Waals surface area contributed by atoms with E-state index in [4.69, 9.17) is 0 Å². The molecule has 0 rings (SSSR count). The minimum atomic E-state index is 0. The first-order chi connectivity index (χ1) is 7.67. The van der Waals surface area contributed by atoms with Crippen LogP contribution >= 0.6 is 0 Å². The highest BCUT2D eigenvalue weighted by atomic mass is 19.0. The summed E-state index contributed by atoms with van der Waals surface area (Å²) in [6.07, 6.45) is 0. The lowest BCUT2D eigenvalue weighted by atomic mass is 10.0. The van der Waals surface area contributed by atoms with Crippen molar-refractivity contribution in [3.63, 3.8) is 0 Å². The van der Waals surface area contributed by atoms with Gasteiger partial charge in [-0.05, 0) is 0 Å². The maximum absolute atomic E-state index is 2.37. The molecule has 0 aliphatic carbocycles. The van der Waals surface area contributed by atoms with Gasteiger partial charge < -0.3 is 9.19 Å². The van der Waals surface area contributed by atoms with Gasteiger partial charge in [-0.1, -0.05) is 55.4 Å². The third-order valence-corrected chi connectivity index (χ3v) is 3.01. The molecule has 0 amide bonds. The molecule has 1 nitrogen and oxygen atoms in total. The van der Waals surface area contributed by atoms with Crippen molar-refractivity contribution in [2.45, 2.75) is 55.4 Å². The van der Waals surface area contributed by atoms with Gasteiger partial charge in [0.2, 0.25) is 0 Å². The van der Waals surface area contributed by atoms with Crippen molar-refractivity contribution >= 4 is 0 Å². The molecule has 0 aromatic carbocycles. The first-order valence-corrected chi connectivity index (χ1v) is 7.52.